The monoisotopic (exact) mass is 313 g/mol. The minimum Gasteiger partial charge on any atom is -0.317 e. The highest BCUT2D eigenvalue weighted by Crippen LogP contribution is 2.24. The van der Waals surface area contributed by atoms with Gasteiger partial charge in [-0.1, -0.05) is 11.6 Å². The van der Waals surface area contributed by atoms with Gasteiger partial charge in [-0.15, -0.1) is 0 Å². The summed E-state index contributed by atoms with van der Waals surface area (Å²) in [7, 11) is -1.67. The first-order valence-corrected chi connectivity index (χ1v) is 8.18. The molecule has 1 aliphatic rings. The predicted molar refractivity (Wildman–Crippen MR) is 77.0 cm³/mol. The van der Waals surface area contributed by atoms with E-state index in [1.165, 1.54) is 22.5 Å². The van der Waals surface area contributed by atoms with Crippen LogP contribution >= 0.6 is 11.6 Å². The Morgan fingerprint density at radius 3 is 2.60 bits per heavy atom. The number of benzene rings is 1. The largest absolute Gasteiger partial charge is 0.317 e. The zero-order valence-corrected chi connectivity index (χ0v) is 12.7. The van der Waals surface area contributed by atoms with E-state index in [2.05, 4.69) is 5.32 Å². The molecule has 1 fully saturated rings. The lowest BCUT2D eigenvalue weighted by molar-refractivity contribution is 0.298. The first kappa shape index (κ1) is 15.3. The highest BCUT2D eigenvalue weighted by molar-refractivity contribution is 7.89. The van der Waals surface area contributed by atoms with Gasteiger partial charge in [-0.05, 0) is 38.1 Å². The third-order valence-electron chi connectivity index (χ3n) is 3.56. The summed E-state index contributed by atoms with van der Waals surface area (Å²) < 4.78 is 26.5. The normalized spacial score (nSPS) is 17.9. The number of halogens is 1. The van der Waals surface area contributed by atoms with Gasteiger partial charge in [-0.3, -0.25) is 0 Å². The molecule has 1 saturated heterocycles. The summed E-state index contributed by atoms with van der Waals surface area (Å²) in [5.74, 6) is 0. The van der Waals surface area contributed by atoms with Gasteiger partial charge in [0.2, 0.25) is 10.0 Å². The third-order valence-corrected chi connectivity index (χ3v) is 5.78. The van der Waals surface area contributed by atoms with Crippen molar-refractivity contribution >= 4 is 21.6 Å². The number of hydrogen-bond donors (Lipinski definition) is 1. The van der Waals surface area contributed by atoms with Crippen molar-refractivity contribution in [2.45, 2.75) is 23.8 Å². The van der Waals surface area contributed by atoms with Crippen molar-refractivity contribution in [2.24, 2.45) is 0 Å². The Kier molecular flexibility index (Phi) is 4.66. The standard InChI is InChI=1S/C13H16ClN3O2S/c1-16-11-4-6-17(7-5-11)20(18,19)12-2-3-13(14)10(8-12)9-15/h2-3,8,11,16H,4-7H2,1H3. The summed E-state index contributed by atoms with van der Waals surface area (Å²) in [5, 5.41) is 12.4. The van der Waals surface area contributed by atoms with Crippen molar-refractivity contribution in [1.29, 1.82) is 5.26 Å². The fourth-order valence-electron chi connectivity index (χ4n) is 2.28. The van der Waals surface area contributed by atoms with E-state index >= 15 is 0 Å². The fourth-order valence-corrected chi connectivity index (χ4v) is 3.94. The zero-order valence-electron chi connectivity index (χ0n) is 11.1. The molecule has 0 amide bonds. The molecule has 1 heterocycles. The van der Waals surface area contributed by atoms with Gasteiger partial charge in [0.1, 0.15) is 6.07 Å². The third kappa shape index (κ3) is 2.96. The fraction of sp³-hybridized carbons (Fsp3) is 0.462. The van der Waals surface area contributed by atoms with E-state index < -0.39 is 10.0 Å². The van der Waals surface area contributed by atoms with E-state index in [4.69, 9.17) is 16.9 Å². The van der Waals surface area contributed by atoms with Crippen LogP contribution in [0.3, 0.4) is 0 Å². The maximum absolute atomic E-state index is 12.5. The Morgan fingerprint density at radius 2 is 2.05 bits per heavy atom. The van der Waals surface area contributed by atoms with Gasteiger partial charge >= 0.3 is 0 Å². The van der Waals surface area contributed by atoms with Crippen LogP contribution in [0.2, 0.25) is 5.02 Å². The average Bonchev–Trinajstić information content (AvgIpc) is 2.47. The first-order chi connectivity index (χ1) is 9.48. The SMILES string of the molecule is CNC1CCN(S(=O)(=O)c2ccc(Cl)c(C#N)c2)CC1. The van der Waals surface area contributed by atoms with Crippen LogP contribution in [0.5, 0.6) is 0 Å². The maximum atomic E-state index is 12.5. The van der Waals surface area contributed by atoms with Crippen LogP contribution in [0.15, 0.2) is 23.1 Å². The molecule has 20 heavy (non-hydrogen) atoms. The second kappa shape index (κ2) is 6.10. The summed E-state index contributed by atoms with van der Waals surface area (Å²) in [5.41, 5.74) is 0.179. The molecule has 0 saturated carbocycles. The van der Waals surface area contributed by atoms with Crippen molar-refractivity contribution in [3.63, 3.8) is 0 Å². The van der Waals surface area contributed by atoms with E-state index in [0.717, 1.165) is 12.8 Å². The topological polar surface area (TPSA) is 73.2 Å². The first-order valence-electron chi connectivity index (χ1n) is 6.36. The molecule has 0 spiro atoms. The lowest BCUT2D eigenvalue weighted by atomic mass is 10.1. The number of nitrogens with zero attached hydrogens (tertiary/aromatic N) is 2. The average molecular weight is 314 g/mol. The number of sulfonamides is 1. The molecule has 1 aromatic rings. The molecule has 0 bridgehead atoms. The van der Waals surface area contributed by atoms with E-state index in [9.17, 15) is 8.42 Å². The highest BCUT2D eigenvalue weighted by atomic mass is 35.5. The van der Waals surface area contributed by atoms with Gasteiger partial charge in [0, 0.05) is 19.1 Å². The van der Waals surface area contributed by atoms with Crippen LogP contribution in [0.25, 0.3) is 0 Å². The molecule has 5 nitrogen and oxygen atoms in total. The van der Waals surface area contributed by atoms with Gasteiger partial charge in [-0.25, -0.2) is 8.42 Å². The predicted octanol–water partition coefficient (Wildman–Crippen LogP) is 1.58. The van der Waals surface area contributed by atoms with Crippen LogP contribution in [0.4, 0.5) is 0 Å². The van der Waals surface area contributed by atoms with Crippen molar-refractivity contribution in [3.05, 3.63) is 28.8 Å². The van der Waals surface area contributed by atoms with Crippen molar-refractivity contribution in [2.75, 3.05) is 20.1 Å². The molecule has 108 valence electrons. The molecule has 2 rings (SSSR count). The summed E-state index contributed by atoms with van der Waals surface area (Å²) in [4.78, 5) is 0.126. The van der Waals surface area contributed by atoms with E-state index in [-0.39, 0.29) is 15.5 Å². The Bertz CT molecular complexity index is 632. The van der Waals surface area contributed by atoms with Crippen LogP contribution in [0.1, 0.15) is 18.4 Å². The number of nitriles is 1. The smallest absolute Gasteiger partial charge is 0.243 e. The Morgan fingerprint density at radius 1 is 1.40 bits per heavy atom. The van der Waals surface area contributed by atoms with Gasteiger partial charge in [-0.2, -0.15) is 9.57 Å². The molecule has 7 heteroatoms. The van der Waals surface area contributed by atoms with Gasteiger partial charge in [0.05, 0.1) is 15.5 Å². The minimum atomic E-state index is -3.55. The lowest BCUT2D eigenvalue weighted by Crippen LogP contribution is -2.43. The van der Waals surface area contributed by atoms with Crippen LogP contribution < -0.4 is 5.32 Å². The molecule has 0 unspecified atom stereocenters. The number of hydrogen-bond acceptors (Lipinski definition) is 4. The number of rotatable bonds is 3. The maximum Gasteiger partial charge on any atom is 0.243 e. The molecule has 0 atom stereocenters. The molecular formula is C13H16ClN3O2S. The molecule has 1 N–H and O–H groups in total. The van der Waals surface area contributed by atoms with E-state index in [0.29, 0.717) is 19.1 Å². The lowest BCUT2D eigenvalue weighted by Gasteiger charge is -2.31. The summed E-state index contributed by atoms with van der Waals surface area (Å²) >= 11 is 5.83. The van der Waals surface area contributed by atoms with Gasteiger partial charge in [0.15, 0.2) is 0 Å². The minimum absolute atomic E-state index is 0.126. The summed E-state index contributed by atoms with van der Waals surface area (Å²) in [6.45, 7) is 0.969. The van der Waals surface area contributed by atoms with Crippen molar-refractivity contribution in [1.82, 2.24) is 9.62 Å². The van der Waals surface area contributed by atoms with Crippen molar-refractivity contribution < 1.29 is 8.42 Å². The van der Waals surface area contributed by atoms with Gasteiger partial charge in [0.25, 0.3) is 0 Å². The highest BCUT2D eigenvalue weighted by Gasteiger charge is 2.29. The molecule has 1 aliphatic heterocycles. The molecule has 0 radical (unpaired) electrons. The van der Waals surface area contributed by atoms with Crippen LogP contribution in [0, 0.1) is 11.3 Å². The van der Waals surface area contributed by atoms with E-state index in [1.807, 2.05) is 13.1 Å². The van der Waals surface area contributed by atoms with Crippen LogP contribution in [-0.4, -0.2) is 38.9 Å². The second-order valence-corrected chi connectivity index (χ2v) is 7.07. The number of piperidine rings is 1. The van der Waals surface area contributed by atoms with Crippen molar-refractivity contribution in [3.8, 4) is 6.07 Å². The van der Waals surface area contributed by atoms with Gasteiger partial charge < -0.3 is 5.32 Å². The summed E-state index contributed by atoms with van der Waals surface area (Å²) in [6, 6.07) is 6.50. The molecular weight excluding hydrogens is 298 g/mol. The molecule has 0 aromatic heterocycles. The Labute approximate surface area is 124 Å². The Hall–Kier alpha value is -1.13. The van der Waals surface area contributed by atoms with Crippen LogP contribution in [-0.2, 0) is 10.0 Å². The number of nitrogens with one attached hydrogen (secondary N) is 1. The second-order valence-electron chi connectivity index (χ2n) is 4.72. The Balaban J connectivity index is 2.25. The van der Waals surface area contributed by atoms with E-state index in [1.54, 1.807) is 0 Å². The molecule has 1 aromatic carbocycles. The summed E-state index contributed by atoms with van der Waals surface area (Å²) in [6.07, 6.45) is 1.57. The quantitative estimate of drug-likeness (QED) is 0.919. The zero-order chi connectivity index (χ0) is 14.8. The molecule has 0 aliphatic carbocycles.